The molecule has 0 aromatic rings. The van der Waals surface area contributed by atoms with Crippen LogP contribution in [0.2, 0.25) is 0 Å². The number of hydrogen-bond acceptors (Lipinski definition) is 2. The minimum Gasteiger partial charge on any atom is -0.368 e. The Morgan fingerprint density at radius 2 is 2.36 bits per heavy atom. The smallest absolute Gasteiger partial charge is 0.234 e. The van der Waals surface area contributed by atoms with Crippen molar-refractivity contribution in [1.82, 2.24) is 4.90 Å². The molecule has 0 radical (unpaired) electrons. The average Bonchev–Trinajstić information content (AvgIpc) is 1.78. The number of hydrogen-bond donors (Lipinski definition) is 1. The Hall–Kier alpha value is -0.570. The van der Waals surface area contributed by atoms with Crippen molar-refractivity contribution in [3.05, 3.63) is 0 Å². The topological polar surface area (TPSA) is 46.3 Å². The molecule has 0 aromatic carbocycles. The SMILES string of the molecule is CC(C)CN1CCC1C(N)=O. The van der Waals surface area contributed by atoms with Crippen LogP contribution >= 0.6 is 0 Å². The van der Waals surface area contributed by atoms with Crippen molar-refractivity contribution >= 4 is 5.91 Å². The normalized spacial score (nSPS) is 25.2. The van der Waals surface area contributed by atoms with Gasteiger partial charge in [0, 0.05) is 13.1 Å². The van der Waals surface area contributed by atoms with Crippen molar-refractivity contribution in [2.75, 3.05) is 13.1 Å². The molecule has 1 amide bonds. The molecule has 0 aromatic heterocycles. The number of primary amides is 1. The molecular weight excluding hydrogens is 140 g/mol. The van der Waals surface area contributed by atoms with E-state index in [1.54, 1.807) is 0 Å². The Labute approximate surface area is 67.5 Å². The highest BCUT2D eigenvalue weighted by Gasteiger charge is 2.32. The molecular formula is C8H16N2O. The van der Waals surface area contributed by atoms with E-state index in [0.717, 1.165) is 19.5 Å². The second-order valence-electron chi connectivity index (χ2n) is 3.60. The van der Waals surface area contributed by atoms with Crippen LogP contribution in [0, 0.1) is 5.92 Å². The van der Waals surface area contributed by atoms with E-state index in [1.165, 1.54) is 0 Å². The third-order valence-electron chi connectivity index (χ3n) is 2.06. The highest BCUT2D eigenvalue weighted by atomic mass is 16.1. The summed E-state index contributed by atoms with van der Waals surface area (Å²) in [5.41, 5.74) is 5.18. The highest BCUT2D eigenvalue weighted by Crippen LogP contribution is 2.17. The third kappa shape index (κ3) is 1.93. The first-order valence-corrected chi connectivity index (χ1v) is 4.14. The van der Waals surface area contributed by atoms with Gasteiger partial charge < -0.3 is 5.73 Å². The van der Waals surface area contributed by atoms with Crippen molar-refractivity contribution in [1.29, 1.82) is 0 Å². The van der Waals surface area contributed by atoms with E-state index in [1.807, 2.05) is 0 Å². The lowest BCUT2D eigenvalue weighted by Crippen LogP contribution is -2.55. The molecule has 3 nitrogen and oxygen atoms in total. The molecule has 0 bridgehead atoms. The highest BCUT2D eigenvalue weighted by molar-refractivity contribution is 5.80. The first-order chi connectivity index (χ1) is 5.11. The Bertz CT molecular complexity index is 156. The third-order valence-corrected chi connectivity index (χ3v) is 2.06. The predicted octanol–water partition coefficient (Wildman–Crippen LogP) is 0.202. The fraction of sp³-hybridized carbons (Fsp3) is 0.875. The predicted molar refractivity (Wildman–Crippen MR) is 44.0 cm³/mol. The molecule has 11 heavy (non-hydrogen) atoms. The van der Waals surface area contributed by atoms with Crippen LogP contribution in [0.1, 0.15) is 20.3 Å². The molecule has 1 heterocycles. The maximum Gasteiger partial charge on any atom is 0.234 e. The van der Waals surface area contributed by atoms with Crippen LogP contribution in [0.4, 0.5) is 0 Å². The second kappa shape index (κ2) is 3.22. The first-order valence-electron chi connectivity index (χ1n) is 4.14. The molecule has 64 valence electrons. The van der Waals surface area contributed by atoms with Crippen LogP contribution in [0.25, 0.3) is 0 Å². The van der Waals surface area contributed by atoms with Gasteiger partial charge in [0.05, 0.1) is 6.04 Å². The molecule has 1 aliphatic rings. The van der Waals surface area contributed by atoms with Crippen molar-refractivity contribution in [3.8, 4) is 0 Å². The lowest BCUT2D eigenvalue weighted by molar-refractivity contribution is -0.127. The molecule has 1 atom stereocenters. The molecule has 3 heteroatoms. The molecule has 2 N–H and O–H groups in total. The molecule has 1 unspecified atom stereocenters. The average molecular weight is 156 g/mol. The first kappa shape index (κ1) is 8.53. The van der Waals surface area contributed by atoms with Gasteiger partial charge >= 0.3 is 0 Å². The lowest BCUT2D eigenvalue weighted by Gasteiger charge is -2.39. The molecule has 1 saturated heterocycles. The van der Waals surface area contributed by atoms with Gasteiger partial charge in [-0.15, -0.1) is 0 Å². The molecule has 1 aliphatic heterocycles. The number of amides is 1. The van der Waals surface area contributed by atoms with Gasteiger partial charge in [0.1, 0.15) is 0 Å². The van der Waals surface area contributed by atoms with E-state index >= 15 is 0 Å². The number of likely N-dealkylation sites (tertiary alicyclic amines) is 1. The van der Waals surface area contributed by atoms with Crippen LogP contribution in [-0.4, -0.2) is 29.9 Å². The standard InChI is InChI=1S/C8H16N2O/c1-6(2)5-10-4-3-7(10)8(9)11/h6-7H,3-5H2,1-2H3,(H2,9,11). The monoisotopic (exact) mass is 156 g/mol. The van der Waals surface area contributed by atoms with Crippen molar-refractivity contribution < 1.29 is 4.79 Å². The molecule has 1 rings (SSSR count). The van der Waals surface area contributed by atoms with E-state index in [-0.39, 0.29) is 11.9 Å². The van der Waals surface area contributed by atoms with Crippen LogP contribution in [0.3, 0.4) is 0 Å². The van der Waals surface area contributed by atoms with E-state index in [9.17, 15) is 4.79 Å². The minimum absolute atomic E-state index is 0.0254. The van der Waals surface area contributed by atoms with Gasteiger partial charge in [0.2, 0.25) is 5.91 Å². The Balaban J connectivity index is 2.31. The summed E-state index contributed by atoms with van der Waals surface area (Å²) in [6.45, 7) is 6.33. The van der Waals surface area contributed by atoms with E-state index in [2.05, 4.69) is 18.7 Å². The van der Waals surface area contributed by atoms with Gasteiger partial charge in [-0.2, -0.15) is 0 Å². The van der Waals surface area contributed by atoms with Crippen LogP contribution < -0.4 is 5.73 Å². The maximum absolute atomic E-state index is 10.8. The summed E-state index contributed by atoms with van der Waals surface area (Å²) in [5, 5.41) is 0. The Morgan fingerprint density at radius 1 is 1.73 bits per heavy atom. The van der Waals surface area contributed by atoms with Gasteiger partial charge in [-0.1, -0.05) is 13.8 Å². The minimum atomic E-state index is -0.170. The summed E-state index contributed by atoms with van der Waals surface area (Å²) < 4.78 is 0. The lowest BCUT2D eigenvalue weighted by atomic mass is 10.0. The van der Waals surface area contributed by atoms with E-state index < -0.39 is 0 Å². The number of carbonyl (C=O) groups excluding carboxylic acids is 1. The molecule has 0 aliphatic carbocycles. The molecule has 0 spiro atoms. The van der Waals surface area contributed by atoms with E-state index in [4.69, 9.17) is 5.73 Å². The van der Waals surface area contributed by atoms with Crippen LogP contribution in [-0.2, 0) is 4.79 Å². The quantitative estimate of drug-likeness (QED) is 0.634. The zero-order valence-electron chi connectivity index (χ0n) is 7.21. The second-order valence-corrected chi connectivity index (χ2v) is 3.60. The molecule has 1 fully saturated rings. The Morgan fingerprint density at radius 3 is 2.64 bits per heavy atom. The van der Waals surface area contributed by atoms with Crippen molar-refractivity contribution in [3.63, 3.8) is 0 Å². The van der Waals surface area contributed by atoms with Crippen molar-refractivity contribution in [2.24, 2.45) is 11.7 Å². The molecule has 0 saturated carbocycles. The summed E-state index contributed by atoms with van der Waals surface area (Å²) >= 11 is 0. The van der Waals surface area contributed by atoms with Gasteiger partial charge in [-0.05, 0) is 12.3 Å². The summed E-state index contributed by atoms with van der Waals surface area (Å²) in [7, 11) is 0. The number of nitrogens with two attached hydrogens (primary N) is 1. The maximum atomic E-state index is 10.8. The van der Waals surface area contributed by atoms with Crippen molar-refractivity contribution in [2.45, 2.75) is 26.3 Å². The number of carbonyl (C=O) groups is 1. The Kier molecular flexibility index (Phi) is 2.49. The zero-order valence-corrected chi connectivity index (χ0v) is 7.21. The zero-order chi connectivity index (χ0) is 8.43. The largest absolute Gasteiger partial charge is 0.368 e. The van der Waals surface area contributed by atoms with Gasteiger partial charge in [-0.3, -0.25) is 9.69 Å². The van der Waals surface area contributed by atoms with Crippen LogP contribution in [0.15, 0.2) is 0 Å². The van der Waals surface area contributed by atoms with Gasteiger partial charge in [-0.25, -0.2) is 0 Å². The van der Waals surface area contributed by atoms with E-state index in [0.29, 0.717) is 5.92 Å². The number of nitrogens with zero attached hydrogens (tertiary/aromatic N) is 1. The fourth-order valence-corrected chi connectivity index (χ4v) is 1.45. The van der Waals surface area contributed by atoms with Crippen LogP contribution in [0.5, 0.6) is 0 Å². The summed E-state index contributed by atoms with van der Waals surface area (Å²) in [4.78, 5) is 12.9. The van der Waals surface area contributed by atoms with Gasteiger partial charge in [0.15, 0.2) is 0 Å². The summed E-state index contributed by atoms with van der Waals surface area (Å²) in [6, 6.07) is 0.0254. The summed E-state index contributed by atoms with van der Waals surface area (Å²) in [6.07, 6.45) is 0.946. The fourth-order valence-electron chi connectivity index (χ4n) is 1.45. The summed E-state index contributed by atoms with van der Waals surface area (Å²) in [5.74, 6) is 0.453. The number of rotatable bonds is 3. The van der Waals surface area contributed by atoms with Gasteiger partial charge in [0.25, 0.3) is 0 Å².